The third-order valence-electron chi connectivity index (χ3n) is 3.14. The highest BCUT2D eigenvalue weighted by atomic mass is 35.5. The van der Waals surface area contributed by atoms with Gasteiger partial charge in [0, 0.05) is 10.6 Å². The van der Waals surface area contributed by atoms with E-state index in [-0.39, 0.29) is 11.9 Å². The van der Waals surface area contributed by atoms with Crippen LogP contribution in [0.1, 0.15) is 29.7 Å². The molecular formula is C16H17ClFN. The first-order valence-corrected chi connectivity index (χ1v) is 6.75. The lowest BCUT2D eigenvalue weighted by Crippen LogP contribution is -2.23. The highest BCUT2D eigenvalue weighted by molar-refractivity contribution is 6.31. The minimum atomic E-state index is -0.193. The molecule has 100 valence electrons. The van der Waals surface area contributed by atoms with Crippen molar-refractivity contribution in [2.75, 3.05) is 6.54 Å². The first-order chi connectivity index (χ1) is 9.13. The van der Waals surface area contributed by atoms with E-state index in [0.717, 1.165) is 22.7 Å². The standard InChI is InChI=1S/C16H17ClFN/c1-3-19-16(13-6-4-5-7-15(13)18)12-8-9-14(17)11(2)10-12/h4-10,16,19H,3H2,1-2H3. The fourth-order valence-electron chi connectivity index (χ4n) is 2.17. The molecule has 0 aliphatic rings. The van der Waals surface area contributed by atoms with Crippen LogP contribution in [0.5, 0.6) is 0 Å². The van der Waals surface area contributed by atoms with Crippen molar-refractivity contribution in [1.82, 2.24) is 5.32 Å². The molecule has 1 atom stereocenters. The monoisotopic (exact) mass is 277 g/mol. The topological polar surface area (TPSA) is 12.0 Å². The minimum Gasteiger partial charge on any atom is -0.306 e. The molecule has 0 radical (unpaired) electrons. The maximum absolute atomic E-state index is 14.0. The second kappa shape index (κ2) is 6.18. The van der Waals surface area contributed by atoms with E-state index in [2.05, 4.69) is 5.32 Å². The van der Waals surface area contributed by atoms with Crippen LogP contribution in [0.3, 0.4) is 0 Å². The molecule has 1 N–H and O–H groups in total. The first-order valence-electron chi connectivity index (χ1n) is 6.37. The van der Waals surface area contributed by atoms with Crippen molar-refractivity contribution >= 4 is 11.6 Å². The van der Waals surface area contributed by atoms with E-state index < -0.39 is 0 Å². The van der Waals surface area contributed by atoms with Gasteiger partial charge in [-0.25, -0.2) is 4.39 Å². The third-order valence-corrected chi connectivity index (χ3v) is 3.56. The molecule has 0 amide bonds. The Balaban J connectivity index is 2.45. The van der Waals surface area contributed by atoms with Crippen LogP contribution in [-0.4, -0.2) is 6.54 Å². The number of halogens is 2. The molecule has 1 nitrogen and oxygen atoms in total. The van der Waals surface area contributed by atoms with Gasteiger partial charge >= 0.3 is 0 Å². The molecule has 0 aliphatic carbocycles. The molecule has 2 aromatic carbocycles. The number of nitrogens with one attached hydrogen (secondary N) is 1. The van der Waals surface area contributed by atoms with E-state index in [1.54, 1.807) is 6.07 Å². The summed E-state index contributed by atoms with van der Waals surface area (Å²) in [6.07, 6.45) is 0. The summed E-state index contributed by atoms with van der Waals surface area (Å²) in [6.45, 7) is 4.73. The molecule has 0 aromatic heterocycles. The molecular weight excluding hydrogens is 261 g/mol. The van der Waals surface area contributed by atoms with Crippen LogP contribution in [0.2, 0.25) is 5.02 Å². The largest absolute Gasteiger partial charge is 0.306 e. The summed E-state index contributed by atoms with van der Waals surface area (Å²) >= 11 is 6.05. The summed E-state index contributed by atoms with van der Waals surface area (Å²) in [5.74, 6) is -0.193. The van der Waals surface area contributed by atoms with Crippen molar-refractivity contribution in [3.8, 4) is 0 Å². The van der Waals surface area contributed by atoms with Gasteiger partial charge in [0.25, 0.3) is 0 Å². The van der Waals surface area contributed by atoms with Gasteiger partial charge in [0.2, 0.25) is 0 Å². The van der Waals surface area contributed by atoms with Gasteiger partial charge in [-0.15, -0.1) is 0 Å². The Morgan fingerprint density at radius 3 is 2.58 bits per heavy atom. The van der Waals surface area contributed by atoms with Crippen molar-refractivity contribution in [3.05, 3.63) is 70.0 Å². The number of hydrogen-bond acceptors (Lipinski definition) is 1. The molecule has 0 spiro atoms. The van der Waals surface area contributed by atoms with Crippen LogP contribution in [0.4, 0.5) is 4.39 Å². The van der Waals surface area contributed by atoms with E-state index in [1.807, 2.05) is 44.2 Å². The maximum Gasteiger partial charge on any atom is 0.128 e. The normalized spacial score (nSPS) is 12.4. The van der Waals surface area contributed by atoms with E-state index >= 15 is 0 Å². The Hall–Kier alpha value is -1.38. The van der Waals surface area contributed by atoms with E-state index in [9.17, 15) is 4.39 Å². The molecule has 3 heteroatoms. The van der Waals surface area contributed by atoms with Crippen LogP contribution >= 0.6 is 11.6 Å². The fourth-order valence-corrected chi connectivity index (χ4v) is 2.29. The summed E-state index contributed by atoms with van der Waals surface area (Å²) in [6, 6.07) is 12.5. The van der Waals surface area contributed by atoms with Crippen LogP contribution in [0.15, 0.2) is 42.5 Å². The van der Waals surface area contributed by atoms with Gasteiger partial charge in [-0.3, -0.25) is 0 Å². The van der Waals surface area contributed by atoms with Gasteiger partial charge in [-0.1, -0.05) is 48.9 Å². The average molecular weight is 278 g/mol. The number of benzene rings is 2. The molecule has 0 fully saturated rings. The van der Waals surface area contributed by atoms with Crippen LogP contribution in [-0.2, 0) is 0 Å². The molecule has 19 heavy (non-hydrogen) atoms. The highest BCUT2D eigenvalue weighted by Gasteiger charge is 2.16. The third kappa shape index (κ3) is 3.14. The van der Waals surface area contributed by atoms with Crippen molar-refractivity contribution in [3.63, 3.8) is 0 Å². The predicted octanol–water partition coefficient (Wildman–Crippen LogP) is 4.49. The van der Waals surface area contributed by atoms with E-state index in [0.29, 0.717) is 5.56 Å². The zero-order valence-corrected chi connectivity index (χ0v) is 11.8. The SMILES string of the molecule is CCNC(c1ccc(Cl)c(C)c1)c1ccccc1F. The lowest BCUT2D eigenvalue weighted by Gasteiger charge is -2.20. The average Bonchev–Trinajstić information content (AvgIpc) is 2.40. The Morgan fingerprint density at radius 2 is 1.95 bits per heavy atom. The van der Waals surface area contributed by atoms with Gasteiger partial charge in [0.15, 0.2) is 0 Å². The lowest BCUT2D eigenvalue weighted by molar-refractivity contribution is 0.559. The van der Waals surface area contributed by atoms with Crippen molar-refractivity contribution in [2.24, 2.45) is 0 Å². The second-order valence-electron chi connectivity index (χ2n) is 4.52. The smallest absolute Gasteiger partial charge is 0.128 e. The maximum atomic E-state index is 14.0. The molecule has 0 saturated carbocycles. The Kier molecular flexibility index (Phi) is 4.56. The zero-order valence-electron chi connectivity index (χ0n) is 11.1. The molecule has 0 heterocycles. The molecule has 2 aromatic rings. The Labute approximate surface area is 118 Å². The van der Waals surface area contributed by atoms with Crippen LogP contribution in [0, 0.1) is 12.7 Å². The summed E-state index contributed by atoms with van der Waals surface area (Å²) in [4.78, 5) is 0. The van der Waals surface area contributed by atoms with Crippen LogP contribution < -0.4 is 5.32 Å². The number of rotatable bonds is 4. The minimum absolute atomic E-state index is 0.151. The summed E-state index contributed by atoms with van der Waals surface area (Å²) in [5.41, 5.74) is 2.68. The quantitative estimate of drug-likeness (QED) is 0.868. The lowest BCUT2D eigenvalue weighted by atomic mass is 9.97. The van der Waals surface area contributed by atoms with Gasteiger partial charge in [0.05, 0.1) is 6.04 Å². The summed E-state index contributed by atoms with van der Waals surface area (Å²) in [5, 5.41) is 4.05. The summed E-state index contributed by atoms with van der Waals surface area (Å²) in [7, 11) is 0. The van der Waals surface area contributed by atoms with E-state index in [4.69, 9.17) is 11.6 Å². The van der Waals surface area contributed by atoms with E-state index in [1.165, 1.54) is 6.07 Å². The van der Waals surface area contributed by atoms with Gasteiger partial charge in [0.1, 0.15) is 5.82 Å². The molecule has 0 bridgehead atoms. The van der Waals surface area contributed by atoms with Gasteiger partial charge in [-0.2, -0.15) is 0 Å². The van der Waals surface area contributed by atoms with Crippen molar-refractivity contribution in [2.45, 2.75) is 19.9 Å². The Bertz CT molecular complexity index is 568. The zero-order chi connectivity index (χ0) is 13.8. The fraction of sp³-hybridized carbons (Fsp3) is 0.250. The predicted molar refractivity (Wildman–Crippen MR) is 78.1 cm³/mol. The molecule has 1 unspecified atom stereocenters. The second-order valence-corrected chi connectivity index (χ2v) is 4.93. The Morgan fingerprint density at radius 1 is 1.21 bits per heavy atom. The van der Waals surface area contributed by atoms with Crippen LogP contribution in [0.25, 0.3) is 0 Å². The summed E-state index contributed by atoms with van der Waals surface area (Å²) < 4.78 is 14.0. The van der Waals surface area contributed by atoms with Gasteiger partial charge in [-0.05, 0) is 36.7 Å². The van der Waals surface area contributed by atoms with Gasteiger partial charge < -0.3 is 5.32 Å². The number of aryl methyl sites for hydroxylation is 1. The highest BCUT2D eigenvalue weighted by Crippen LogP contribution is 2.27. The molecule has 0 aliphatic heterocycles. The first kappa shape index (κ1) is 14.0. The van der Waals surface area contributed by atoms with Crippen molar-refractivity contribution < 1.29 is 4.39 Å². The van der Waals surface area contributed by atoms with Crippen molar-refractivity contribution in [1.29, 1.82) is 0 Å². The molecule has 0 saturated heterocycles. The number of hydrogen-bond donors (Lipinski definition) is 1. The molecule has 2 rings (SSSR count).